The second kappa shape index (κ2) is 6.16. The summed E-state index contributed by atoms with van der Waals surface area (Å²) in [4.78, 5) is 9.07. The van der Waals surface area contributed by atoms with E-state index in [2.05, 4.69) is 27.6 Å². The van der Waals surface area contributed by atoms with Crippen molar-refractivity contribution < 1.29 is 5.11 Å². The molecule has 0 spiro atoms. The fourth-order valence-corrected chi connectivity index (χ4v) is 2.04. The summed E-state index contributed by atoms with van der Waals surface area (Å²) in [5.41, 5.74) is 3.58. The third-order valence-electron chi connectivity index (χ3n) is 3.42. The number of aromatic nitrogens is 2. The molecule has 1 fully saturated rings. The van der Waals surface area contributed by atoms with Crippen molar-refractivity contribution in [1.82, 2.24) is 9.97 Å². The van der Waals surface area contributed by atoms with E-state index in [9.17, 15) is 0 Å². The van der Waals surface area contributed by atoms with Crippen molar-refractivity contribution in [2.24, 2.45) is 5.84 Å². The van der Waals surface area contributed by atoms with E-state index in [4.69, 9.17) is 10.9 Å². The molecule has 1 aliphatic rings. The summed E-state index contributed by atoms with van der Waals surface area (Å²) in [6.45, 7) is 4.26. The van der Waals surface area contributed by atoms with Crippen molar-refractivity contribution in [2.75, 3.05) is 17.3 Å². The zero-order valence-corrected chi connectivity index (χ0v) is 11.6. The summed E-state index contributed by atoms with van der Waals surface area (Å²) in [6, 6.07) is 0.262. The van der Waals surface area contributed by atoms with E-state index in [0.29, 0.717) is 11.7 Å². The molecule has 5 N–H and O–H groups in total. The maximum atomic E-state index is 8.86. The van der Waals surface area contributed by atoms with E-state index in [1.807, 2.05) is 6.92 Å². The SMILES string of the molecule is Cc1c(NN)nc(C2CC2)nc1NC(C)CCCO. The van der Waals surface area contributed by atoms with Crippen LogP contribution < -0.4 is 16.6 Å². The molecule has 1 aromatic heterocycles. The van der Waals surface area contributed by atoms with Crippen LogP contribution >= 0.6 is 0 Å². The van der Waals surface area contributed by atoms with E-state index in [-0.39, 0.29) is 12.6 Å². The van der Waals surface area contributed by atoms with Gasteiger partial charge in [0.05, 0.1) is 0 Å². The zero-order valence-electron chi connectivity index (χ0n) is 11.6. The number of aliphatic hydroxyl groups is 1. The number of nitrogen functional groups attached to an aromatic ring is 1. The monoisotopic (exact) mass is 265 g/mol. The lowest BCUT2D eigenvalue weighted by molar-refractivity contribution is 0.282. The van der Waals surface area contributed by atoms with Gasteiger partial charge in [0.25, 0.3) is 0 Å². The molecule has 0 aromatic carbocycles. The highest BCUT2D eigenvalue weighted by molar-refractivity contribution is 5.57. The standard InChI is InChI=1S/C13H23N5O/c1-8(4-3-7-19)15-11-9(2)12(18-14)17-13(16-11)10-5-6-10/h8,10,19H,3-7,14H2,1-2H3,(H2,15,16,17,18). The van der Waals surface area contributed by atoms with Crippen LogP contribution in [0.3, 0.4) is 0 Å². The summed E-state index contributed by atoms with van der Waals surface area (Å²) >= 11 is 0. The van der Waals surface area contributed by atoms with Gasteiger partial charge in [-0.1, -0.05) is 0 Å². The number of rotatable bonds is 7. The minimum atomic E-state index is 0.220. The number of hydrogen-bond donors (Lipinski definition) is 4. The molecule has 19 heavy (non-hydrogen) atoms. The molecule has 6 heteroatoms. The van der Waals surface area contributed by atoms with E-state index in [1.54, 1.807) is 0 Å². The van der Waals surface area contributed by atoms with E-state index < -0.39 is 0 Å². The van der Waals surface area contributed by atoms with Crippen LogP contribution in [0.4, 0.5) is 11.6 Å². The normalized spacial score (nSPS) is 16.2. The molecule has 0 radical (unpaired) electrons. The minimum Gasteiger partial charge on any atom is -0.396 e. The van der Waals surface area contributed by atoms with Gasteiger partial charge in [0.1, 0.15) is 17.5 Å². The third kappa shape index (κ3) is 3.54. The maximum absolute atomic E-state index is 8.86. The molecule has 0 bridgehead atoms. The van der Waals surface area contributed by atoms with Crippen LogP contribution in [0, 0.1) is 6.92 Å². The van der Waals surface area contributed by atoms with Gasteiger partial charge in [-0.25, -0.2) is 15.8 Å². The highest BCUT2D eigenvalue weighted by Crippen LogP contribution is 2.39. The van der Waals surface area contributed by atoms with Crippen molar-refractivity contribution in [1.29, 1.82) is 0 Å². The molecular formula is C13H23N5O. The zero-order chi connectivity index (χ0) is 13.8. The van der Waals surface area contributed by atoms with Gasteiger partial charge in [0.15, 0.2) is 0 Å². The summed E-state index contributed by atoms with van der Waals surface area (Å²) in [7, 11) is 0. The predicted octanol–water partition coefficient (Wildman–Crippen LogP) is 1.52. The van der Waals surface area contributed by atoms with Gasteiger partial charge in [-0.15, -0.1) is 0 Å². The maximum Gasteiger partial charge on any atom is 0.148 e. The molecule has 1 heterocycles. The lowest BCUT2D eigenvalue weighted by atomic mass is 10.2. The van der Waals surface area contributed by atoms with Crippen LogP contribution in [0.25, 0.3) is 0 Å². The van der Waals surface area contributed by atoms with Gasteiger partial charge >= 0.3 is 0 Å². The lowest BCUT2D eigenvalue weighted by Crippen LogP contribution is -2.20. The Balaban J connectivity index is 2.15. The Morgan fingerprint density at radius 2 is 2.05 bits per heavy atom. The molecule has 0 aliphatic heterocycles. The van der Waals surface area contributed by atoms with Gasteiger partial charge in [-0.3, -0.25) is 0 Å². The Bertz CT molecular complexity index is 433. The van der Waals surface area contributed by atoms with Crippen molar-refractivity contribution >= 4 is 11.6 Å². The molecule has 1 aliphatic carbocycles. The van der Waals surface area contributed by atoms with Crippen LogP contribution in [0.2, 0.25) is 0 Å². The first-order valence-corrected chi connectivity index (χ1v) is 6.88. The Labute approximate surface area is 113 Å². The van der Waals surface area contributed by atoms with Gasteiger partial charge in [0, 0.05) is 24.1 Å². The van der Waals surface area contributed by atoms with E-state index in [1.165, 1.54) is 0 Å². The molecule has 0 saturated heterocycles. The molecule has 1 saturated carbocycles. The second-order valence-electron chi connectivity index (χ2n) is 5.23. The number of anilines is 2. The summed E-state index contributed by atoms with van der Waals surface area (Å²) in [6.07, 6.45) is 4.01. The first-order valence-electron chi connectivity index (χ1n) is 6.88. The largest absolute Gasteiger partial charge is 0.396 e. The van der Waals surface area contributed by atoms with E-state index >= 15 is 0 Å². The van der Waals surface area contributed by atoms with Crippen LogP contribution in [-0.2, 0) is 0 Å². The first kappa shape index (κ1) is 14.0. The topological polar surface area (TPSA) is 96.1 Å². The van der Waals surface area contributed by atoms with Crippen LogP contribution in [0.5, 0.6) is 0 Å². The summed E-state index contributed by atoms with van der Waals surface area (Å²) in [5.74, 6) is 8.41. The molecule has 106 valence electrons. The fraction of sp³-hybridized carbons (Fsp3) is 0.692. The summed E-state index contributed by atoms with van der Waals surface area (Å²) < 4.78 is 0. The number of hydrogen-bond acceptors (Lipinski definition) is 6. The molecule has 0 amide bonds. The Morgan fingerprint density at radius 3 is 2.63 bits per heavy atom. The van der Waals surface area contributed by atoms with Crippen LogP contribution in [-0.4, -0.2) is 27.7 Å². The molecule has 1 atom stereocenters. The second-order valence-corrected chi connectivity index (χ2v) is 5.23. The molecule has 6 nitrogen and oxygen atoms in total. The number of aliphatic hydroxyl groups excluding tert-OH is 1. The molecular weight excluding hydrogens is 242 g/mol. The Morgan fingerprint density at radius 1 is 1.37 bits per heavy atom. The number of nitrogens with one attached hydrogen (secondary N) is 2. The molecule has 2 rings (SSSR count). The molecule has 1 aromatic rings. The quantitative estimate of drug-likeness (QED) is 0.441. The van der Waals surface area contributed by atoms with Crippen molar-refractivity contribution in [3.05, 3.63) is 11.4 Å². The highest BCUT2D eigenvalue weighted by Gasteiger charge is 2.28. The Kier molecular flexibility index (Phi) is 4.55. The van der Waals surface area contributed by atoms with Gasteiger partial charge in [-0.05, 0) is 39.5 Å². The fourth-order valence-electron chi connectivity index (χ4n) is 2.04. The average Bonchev–Trinajstić information content (AvgIpc) is 3.23. The van der Waals surface area contributed by atoms with Crippen LogP contribution in [0.15, 0.2) is 0 Å². The van der Waals surface area contributed by atoms with Crippen molar-refractivity contribution in [3.8, 4) is 0 Å². The number of nitrogens with two attached hydrogens (primary N) is 1. The Hall–Kier alpha value is -1.40. The smallest absolute Gasteiger partial charge is 0.148 e. The average molecular weight is 265 g/mol. The predicted molar refractivity (Wildman–Crippen MR) is 76.0 cm³/mol. The van der Waals surface area contributed by atoms with Gasteiger partial charge < -0.3 is 15.8 Å². The van der Waals surface area contributed by atoms with E-state index in [0.717, 1.165) is 42.9 Å². The van der Waals surface area contributed by atoms with Gasteiger partial charge in [0.2, 0.25) is 0 Å². The lowest BCUT2D eigenvalue weighted by Gasteiger charge is -2.18. The van der Waals surface area contributed by atoms with Crippen molar-refractivity contribution in [2.45, 2.75) is 51.5 Å². The van der Waals surface area contributed by atoms with Crippen molar-refractivity contribution in [3.63, 3.8) is 0 Å². The molecule has 1 unspecified atom stereocenters. The number of hydrazine groups is 1. The summed E-state index contributed by atoms with van der Waals surface area (Å²) in [5, 5.41) is 12.2. The third-order valence-corrected chi connectivity index (χ3v) is 3.42. The first-order chi connectivity index (χ1) is 9.15. The van der Waals surface area contributed by atoms with Crippen LogP contribution in [0.1, 0.15) is 49.9 Å². The highest BCUT2D eigenvalue weighted by atomic mass is 16.2. The van der Waals surface area contributed by atoms with Gasteiger partial charge in [-0.2, -0.15) is 0 Å². The number of nitrogens with zero attached hydrogens (tertiary/aromatic N) is 2. The minimum absolute atomic E-state index is 0.220.